The van der Waals surface area contributed by atoms with Gasteiger partial charge in [-0.25, -0.2) is 0 Å². The number of hydrogen-bond acceptors (Lipinski definition) is 2. The van der Waals surface area contributed by atoms with E-state index in [0.717, 1.165) is 24.2 Å². The molecule has 2 aliphatic rings. The lowest BCUT2D eigenvalue weighted by Crippen LogP contribution is -2.45. The SMILES string of the molecule is Nc1ccc(Cc2ccc(N(C3CCCCC3)C3CCCCC3)cc2)cc1. The predicted octanol–water partition coefficient (Wildman–Crippen LogP) is 6.33. The molecule has 144 valence electrons. The summed E-state index contributed by atoms with van der Waals surface area (Å²) in [6, 6.07) is 19.2. The van der Waals surface area contributed by atoms with E-state index in [2.05, 4.69) is 41.3 Å². The van der Waals surface area contributed by atoms with Gasteiger partial charge in [-0.2, -0.15) is 0 Å². The number of nitrogen functional groups attached to an aromatic ring is 1. The third-order valence-electron chi connectivity index (χ3n) is 6.56. The van der Waals surface area contributed by atoms with Crippen LogP contribution in [-0.4, -0.2) is 12.1 Å². The Labute approximate surface area is 164 Å². The molecule has 2 saturated carbocycles. The van der Waals surface area contributed by atoms with Crippen molar-refractivity contribution in [1.82, 2.24) is 0 Å². The molecule has 2 nitrogen and oxygen atoms in total. The smallest absolute Gasteiger partial charge is 0.0371 e. The monoisotopic (exact) mass is 362 g/mol. The minimum Gasteiger partial charge on any atom is -0.399 e. The Morgan fingerprint density at radius 3 is 1.56 bits per heavy atom. The minimum absolute atomic E-state index is 0.754. The van der Waals surface area contributed by atoms with E-state index >= 15 is 0 Å². The van der Waals surface area contributed by atoms with Crippen LogP contribution in [0, 0.1) is 0 Å². The summed E-state index contributed by atoms with van der Waals surface area (Å²) in [5.74, 6) is 0. The summed E-state index contributed by atoms with van der Waals surface area (Å²) in [5.41, 5.74) is 10.8. The van der Waals surface area contributed by atoms with E-state index in [0.29, 0.717) is 0 Å². The summed E-state index contributed by atoms with van der Waals surface area (Å²) in [5, 5.41) is 0. The zero-order valence-electron chi connectivity index (χ0n) is 16.6. The topological polar surface area (TPSA) is 29.3 Å². The minimum atomic E-state index is 0.754. The van der Waals surface area contributed by atoms with Crippen LogP contribution < -0.4 is 10.6 Å². The maximum absolute atomic E-state index is 5.81. The van der Waals surface area contributed by atoms with Gasteiger partial charge in [0.15, 0.2) is 0 Å². The molecular weight excluding hydrogens is 328 g/mol. The highest BCUT2D eigenvalue weighted by Gasteiger charge is 2.28. The maximum atomic E-state index is 5.81. The van der Waals surface area contributed by atoms with Gasteiger partial charge in [0.05, 0.1) is 0 Å². The summed E-state index contributed by atoms with van der Waals surface area (Å²) in [6.07, 6.45) is 15.0. The lowest BCUT2D eigenvalue weighted by atomic mass is 9.88. The molecule has 0 amide bonds. The molecule has 0 aliphatic heterocycles. The van der Waals surface area contributed by atoms with Gasteiger partial charge in [0, 0.05) is 23.5 Å². The molecule has 27 heavy (non-hydrogen) atoms. The summed E-state index contributed by atoms with van der Waals surface area (Å²) in [4.78, 5) is 2.82. The number of nitrogens with zero attached hydrogens (tertiary/aromatic N) is 1. The van der Waals surface area contributed by atoms with Crippen molar-refractivity contribution in [3.8, 4) is 0 Å². The van der Waals surface area contributed by atoms with Gasteiger partial charge in [-0.3, -0.25) is 0 Å². The summed E-state index contributed by atoms with van der Waals surface area (Å²) in [6.45, 7) is 0. The van der Waals surface area contributed by atoms with E-state index in [9.17, 15) is 0 Å². The van der Waals surface area contributed by atoms with Crippen molar-refractivity contribution >= 4 is 11.4 Å². The highest BCUT2D eigenvalue weighted by Crippen LogP contribution is 2.34. The number of anilines is 2. The van der Waals surface area contributed by atoms with Gasteiger partial charge in [0.2, 0.25) is 0 Å². The van der Waals surface area contributed by atoms with Crippen LogP contribution in [0.2, 0.25) is 0 Å². The summed E-state index contributed by atoms with van der Waals surface area (Å²) < 4.78 is 0. The Balaban J connectivity index is 1.51. The first kappa shape index (κ1) is 18.4. The van der Waals surface area contributed by atoms with Crippen LogP contribution in [0.4, 0.5) is 11.4 Å². The molecule has 2 aromatic rings. The molecule has 2 heteroatoms. The van der Waals surface area contributed by atoms with Gasteiger partial charge >= 0.3 is 0 Å². The lowest BCUT2D eigenvalue weighted by Gasteiger charge is -2.43. The van der Waals surface area contributed by atoms with Crippen LogP contribution in [0.15, 0.2) is 48.5 Å². The second-order valence-corrected chi connectivity index (χ2v) is 8.58. The maximum Gasteiger partial charge on any atom is 0.0371 e. The quantitative estimate of drug-likeness (QED) is 0.630. The van der Waals surface area contributed by atoms with Gasteiger partial charge < -0.3 is 10.6 Å². The Hall–Kier alpha value is -1.96. The third kappa shape index (κ3) is 4.66. The molecule has 2 N–H and O–H groups in total. The third-order valence-corrected chi connectivity index (χ3v) is 6.56. The van der Waals surface area contributed by atoms with E-state index < -0.39 is 0 Å². The molecule has 0 saturated heterocycles. The molecule has 0 bridgehead atoms. The highest BCUT2D eigenvalue weighted by atomic mass is 15.2. The summed E-state index contributed by atoms with van der Waals surface area (Å²) in [7, 11) is 0. The average Bonchev–Trinajstić information content (AvgIpc) is 2.73. The molecule has 0 spiro atoms. The normalized spacial score (nSPS) is 19.1. The van der Waals surface area contributed by atoms with Crippen molar-refractivity contribution in [1.29, 1.82) is 0 Å². The van der Waals surface area contributed by atoms with Crippen LogP contribution in [-0.2, 0) is 6.42 Å². The van der Waals surface area contributed by atoms with Crippen molar-refractivity contribution in [2.24, 2.45) is 0 Å². The molecule has 0 heterocycles. The molecular formula is C25H34N2. The largest absolute Gasteiger partial charge is 0.399 e. The van der Waals surface area contributed by atoms with Gasteiger partial charge in [-0.05, 0) is 67.5 Å². The van der Waals surface area contributed by atoms with Gasteiger partial charge in [-0.15, -0.1) is 0 Å². The van der Waals surface area contributed by atoms with Crippen molar-refractivity contribution in [3.63, 3.8) is 0 Å². The van der Waals surface area contributed by atoms with Crippen molar-refractivity contribution < 1.29 is 0 Å². The summed E-state index contributed by atoms with van der Waals surface area (Å²) >= 11 is 0. The Morgan fingerprint density at radius 2 is 1.07 bits per heavy atom. The lowest BCUT2D eigenvalue weighted by molar-refractivity contribution is 0.340. The Morgan fingerprint density at radius 1 is 0.630 bits per heavy atom. The fourth-order valence-electron chi connectivity index (χ4n) is 5.10. The number of rotatable bonds is 5. The zero-order valence-corrected chi connectivity index (χ0v) is 16.6. The molecule has 2 aromatic carbocycles. The number of benzene rings is 2. The van der Waals surface area contributed by atoms with Crippen LogP contribution >= 0.6 is 0 Å². The van der Waals surface area contributed by atoms with E-state index in [1.807, 2.05) is 12.1 Å². The number of nitrogens with two attached hydrogens (primary N) is 1. The van der Waals surface area contributed by atoms with Gasteiger partial charge in [-0.1, -0.05) is 62.8 Å². The van der Waals surface area contributed by atoms with E-state index in [1.165, 1.54) is 81.0 Å². The van der Waals surface area contributed by atoms with E-state index in [4.69, 9.17) is 5.73 Å². The van der Waals surface area contributed by atoms with Crippen LogP contribution in [0.1, 0.15) is 75.3 Å². The second kappa shape index (κ2) is 8.82. The molecule has 0 aromatic heterocycles. The van der Waals surface area contributed by atoms with Crippen molar-refractivity contribution in [2.75, 3.05) is 10.6 Å². The van der Waals surface area contributed by atoms with Crippen molar-refractivity contribution in [2.45, 2.75) is 82.7 Å². The second-order valence-electron chi connectivity index (χ2n) is 8.58. The first-order valence-electron chi connectivity index (χ1n) is 11.0. The van der Waals surface area contributed by atoms with E-state index in [-0.39, 0.29) is 0 Å². The van der Waals surface area contributed by atoms with Gasteiger partial charge in [0.25, 0.3) is 0 Å². The van der Waals surface area contributed by atoms with Crippen LogP contribution in [0.5, 0.6) is 0 Å². The standard InChI is InChI=1S/C25H34N2/c26-22-15-11-20(12-16-22)19-21-13-17-25(18-14-21)27(23-7-3-1-4-8-23)24-9-5-2-6-10-24/h11-18,23-24H,1-10,19,26H2. The average molecular weight is 363 g/mol. The molecule has 0 atom stereocenters. The first-order valence-corrected chi connectivity index (χ1v) is 11.0. The molecule has 0 unspecified atom stereocenters. The highest BCUT2D eigenvalue weighted by molar-refractivity contribution is 5.51. The first-order chi connectivity index (χ1) is 13.3. The predicted molar refractivity (Wildman–Crippen MR) is 116 cm³/mol. The molecule has 2 aliphatic carbocycles. The van der Waals surface area contributed by atoms with Crippen LogP contribution in [0.25, 0.3) is 0 Å². The van der Waals surface area contributed by atoms with Gasteiger partial charge in [0.1, 0.15) is 0 Å². The Kier molecular flexibility index (Phi) is 6.01. The fraction of sp³-hybridized carbons (Fsp3) is 0.520. The number of hydrogen-bond donors (Lipinski definition) is 1. The Bertz CT molecular complexity index is 674. The molecule has 4 rings (SSSR count). The molecule has 2 fully saturated rings. The van der Waals surface area contributed by atoms with Crippen molar-refractivity contribution in [3.05, 3.63) is 59.7 Å². The zero-order chi connectivity index (χ0) is 18.5. The fourth-order valence-corrected chi connectivity index (χ4v) is 5.10. The molecule has 0 radical (unpaired) electrons. The van der Waals surface area contributed by atoms with Crippen LogP contribution in [0.3, 0.4) is 0 Å². The van der Waals surface area contributed by atoms with E-state index in [1.54, 1.807) is 0 Å².